The highest BCUT2D eigenvalue weighted by atomic mass is 35.5. The number of rotatable bonds is 23. The molecule has 7 heterocycles. The van der Waals surface area contributed by atoms with Crippen LogP contribution in [0.25, 0.3) is 11.0 Å². The molecule has 8 N–H and O–H groups in total. The zero-order chi connectivity index (χ0) is 67.1. The largest absolute Gasteiger partial charge is 0.490 e. The number of nitrogens with one attached hydrogen (secondary N) is 4. The molecule has 0 saturated carbocycles. The van der Waals surface area contributed by atoms with Crippen molar-refractivity contribution in [2.24, 2.45) is 11.8 Å². The second kappa shape index (κ2) is 32.5. The standard InChI is InChI=1S/C36H39ClF3N5O6.C30H36F3N5O5/c37-28-8-3-6-23-15-26(51-33(23)28)18-44-11-12-45(29(19-44)35(49)42-21-36(38,39)40)17-25(46)14-24(13-22-5-4-10-41-16-22)34(48)43-32-27-7-1-2-9-31(27)50-20-30(32)47;1-2-10-37-11-12-38(24(17-37)29(42)35-19-30(31,32)33)16-22(39)14-21(13-20-6-5-9-34-15-20)28(41)36-27-23-7-3-4-8-26(23)43-18-25(27)40/h1-10,15-16,24-25,29-30,32,46-47H,11-14,17-21H2,(H,42,49)(H,43,48);1,3-9,15,21-22,24-25,27,39-40H,10-14,16-19H2,(H,35,42)(H,36,41)/t24-,25+,29+,30-,32+;21-,22+,24+,25-,27+/m11/s1. The summed E-state index contributed by atoms with van der Waals surface area (Å²) >= 11 is 6.27. The van der Waals surface area contributed by atoms with Gasteiger partial charge in [-0.15, -0.1) is 6.42 Å². The highest BCUT2D eigenvalue weighted by Gasteiger charge is 2.41. The van der Waals surface area contributed by atoms with Gasteiger partial charge in [0.2, 0.25) is 23.6 Å². The Hall–Kier alpha value is -7.91. The second-order valence-electron chi connectivity index (χ2n) is 23.8. The van der Waals surface area contributed by atoms with E-state index in [-0.39, 0.29) is 84.7 Å². The topological polar surface area (TPSA) is 268 Å². The zero-order valence-electron chi connectivity index (χ0n) is 51.1. The Morgan fingerprint density at radius 3 is 1.59 bits per heavy atom. The first-order valence-corrected chi connectivity index (χ1v) is 31.1. The molecule has 0 radical (unpaired) electrons. The van der Waals surface area contributed by atoms with Crippen molar-refractivity contribution in [1.29, 1.82) is 0 Å². The third-order valence-corrected chi connectivity index (χ3v) is 17.1. The van der Waals surface area contributed by atoms with E-state index in [1.807, 2.05) is 39.8 Å². The Labute approximate surface area is 543 Å². The van der Waals surface area contributed by atoms with E-state index in [2.05, 4.69) is 26.5 Å². The molecule has 94 heavy (non-hydrogen) atoms. The van der Waals surface area contributed by atoms with E-state index in [1.54, 1.807) is 112 Å². The number of pyridine rings is 2. The lowest BCUT2D eigenvalue weighted by Gasteiger charge is -2.41. The number of carbonyl (C=O) groups excluding carboxylic acids is 4. The lowest BCUT2D eigenvalue weighted by Crippen LogP contribution is -2.60. The molecule has 28 heteroatoms. The molecule has 10 atom stereocenters. The summed E-state index contributed by atoms with van der Waals surface area (Å²) in [5.74, 6) is 0.205. The number of aliphatic hydroxyl groups is 4. The van der Waals surface area contributed by atoms with Crippen molar-refractivity contribution < 1.29 is 79.8 Å². The smallest absolute Gasteiger partial charge is 0.405 e. The predicted octanol–water partition coefficient (Wildman–Crippen LogP) is 4.77. The van der Waals surface area contributed by atoms with Gasteiger partial charge in [0.25, 0.3) is 0 Å². The fraction of sp³-hybridized carbons (Fsp3) is 0.455. The van der Waals surface area contributed by atoms with Crippen LogP contribution in [-0.2, 0) is 38.6 Å². The Morgan fingerprint density at radius 2 is 1.13 bits per heavy atom. The molecule has 2 fully saturated rings. The molecular weight excluding hydrogens is 1260 g/mol. The van der Waals surface area contributed by atoms with Gasteiger partial charge in [0, 0.05) is 105 Å². The van der Waals surface area contributed by atoms with Gasteiger partial charge >= 0.3 is 12.4 Å². The second-order valence-corrected chi connectivity index (χ2v) is 24.2. The summed E-state index contributed by atoms with van der Waals surface area (Å²) < 4.78 is 94.8. The van der Waals surface area contributed by atoms with Gasteiger partial charge in [-0.25, -0.2) is 0 Å². The lowest BCUT2D eigenvalue weighted by molar-refractivity contribution is -0.143. The SMILES string of the molecule is C#CCN1CCN(C[C@@H](O)C[C@@H](Cc2cccnc2)C(=O)N[C@H]2c3ccccc3OC[C@H]2O)[C@H](C(=O)NCC(F)(F)F)C1.O=C(N[C@H]1c2ccccc2OC[C@H]1O)[C@H](Cc1cccnc1)C[C@H](O)CN1CCN(Cc2cc3cccc(Cl)c3o2)C[C@H]1C(=O)NCC(F)(F)F. The maximum Gasteiger partial charge on any atom is 0.405 e. The number of carbonyl (C=O) groups is 4. The number of para-hydroxylation sites is 3. The molecule has 504 valence electrons. The number of piperazine rings is 2. The van der Waals surface area contributed by atoms with Crippen LogP contribution in [0.5, 0.6) is 11.5 Å². The van der Waals surface area contributed by atoms with Gasteiger partial charge in [-0.3, -0.25) is 48.7 Å². The van der Waals surface area contributed by atoms with E-state index in [4.69, 9.17) is 31.9 Å². The summed E-state index contributed by atoms with van der Waals surface area (Å²) in [5, 5.41) is 55.0. The molecule has 10 rings (SSSR count). The van der Waals surface area contributed by atoms with Gasteiger partial charge in [-0.1, -0.05) is 78.2 Å². The Bertz CT molecular complexity index is 3540. The van der Waals surface area contributed by atoms with Crippen molar-refractivity contribution in [3.63, 3.8) is 0 Å². The van der Waals surface area contributed by atoms with Crippen molar-refractivity contribution >= 4 is 46.2 Å². The number of furan rings is 1. The molecule has 6 aromatic rings. The maximum absolute atomic E-state index is 13.9. The van der Waals surface area contributed by atoms with Crippen molar-refractivity contribution in [2.75, 3.05) is 85.2 Å². The van der Waals surface area contributed by atoms with E-state index in [0.717, 1.165) is 16.5 Å². The van der Waals surface area contributed by atoms with Crippen LogP contribution in [0.2, 0.25) is 5.02 Å². The molecule has 4 amide bonds. The van der Waals surface area contributed by atoms with Crippen LogP contribution >= 0.6 is 11.6 Å². The molecule has 2 saturated heterocycles. The third kappa shape index (κ3) is 19.8. The van der Waals surface area contributed by atoms with E-state index in [0.29, 0.717) is 58.6 Å². The number of ether oxygens (including phenoxy) is 2. The predicted molar refractivity (Wildman–Crippen MR) is 332 cm³/mol. The molecule has 4 aliphatic heterocycles. The monoisotopic (exact) mass is 1330 g/mol. The Morgan fingerprint density at radius 1 is 0.649 bits per heavy atom. The molecule has 4 aliphatic rings. The van der Waals surface area contributed by atoms with Crippen LogP contribution in [0.1, 0.15) is 52.9 Å². The molecule has 0 spiro atoms. The number of hydrogen-bond acceptors (Lipinski definition) is 17. The molecule has 3 aromatic carbocycles. The van der Waals surface area contributed by atoms with Gasteiger partial charge in [-0.2, -0.15) is 26.3 Å². The van der Waals surface area contributed by atoms with Crippen LogP contribution in [0.4, 0.5) is 26.3 Å². The number of amides is 4. The first kappa shape index (κ1) is 70.4. The molecule has 0 bridgehead atoms. The van der Waals surface area contributed by atoms with Crippen molar-refractivity contribution in [3.05, 3.63) is 155 Å². The van der Waals surface area contributed by atoms with Crippen LogP contribution in [0, 0.1) is 24.2 Å². The van der Waals surface area contributed by atoms with Crippen molar-refractivity contribution in [2.45, 2.75) is 93.2 Å². The average molecular weight is 1330 g/mol. The molecule has 3 aromatic heterocycles. The first-order valence-electron chi connectivity index (χ1n) is 30.7. The lowest BCUT2D eigenvalue weighted by atomic mass is 9.91. The minimum atomic E-state index is -4.60. The van der Waals surface area contributed by atoms with E-state index < -0.39 is 109 Å². The first-order chi connectivity index (χ1) is 45.0. The maximum atomic E-state index is 13.9. The van der Waals surface area contributed by atoms with Gasteiger partial charge in [-0.05, 0) is 73.2 Å². The number of aliphatic hydroxyl groups excluding tert-OH is 4. The molecular formula is C66H75ClF6N10O11. The number of fused-ring (bicyclic) bond motifs is 3. The summed E-state index contributed by atoms with van der Waals surface area (Å²) in [7, 11) is 0. The van der Waals surface area contributed by atoms with Crippen LogP contribution in [0.3, 0.4) is 0 Å². The minimum absolute atomic E-state index is 0.00129. The normalized spacial score (nSPS) is 21.6. The van der Waals surface area contributed by atoms with Crippen molar-refractivity contribution in [3.8, 4) is 23.8 Å². The van der Waals surface area contributed by atoms with Crippen LogP contribution < -0.4 is 30.7 Å². The number of halogens is 7. The van der Waals surface area contributed by atoms with Gasteiger partial charge in [0.15, 0.2) is 5.58 Å². The number of benzene rings is 3. The number of aromatic nitrogens is 2. The number of hydrogen-bond donors (Lipinski definition) is 8. The van der Waals surface area contributed by atoms with E-state index in [1.165, 1.54) is 0 Å². The zero-order valence-corrected chi connectivity index (χ0v) is 51.9. The highest BCUT2D eigenvalue weighted by molar-refractivity contribution is 6.34. The molecule has 0 unspecified atom stereocenters. The van der Waals surface area contributed by atoms with Crippen LogP contribution in [0.15, 0.2) is 126 Å². The van der Waals surface area contributed by atoms with E-state index >= 15 is 0 Å². The van der Waals surface area contributed by atoms with Crippen molar-refractivity contribution in [1.82, 2.24) is 50.8 Å². The average Bonchev–Trinajstić information content (AvgIpc) is 1.12. The van der Waals surface area contributed by atoms with Gasteiger partial charge in [0.1, 0.15) is 67.9 Å². The fourth-order valence-electron chi connectivity index (χ4n) is 12.2. The molecule has 0 aliphatic carbocycles. The number of β-amino-alcohol motifs (C(OH)–C–C–N with tert-alkyl or cyclic N) is 2. The Balaban J connectivity index is 0.000000225. The van der Waals surface area contributed by atoms with Gasteiger partial charge < -0.3 is 55.6 Å². The number of terminal acetylenes is 1. The summed E-state index contributed by atoms with van der Waals surface area (Å²) in [5.41, 5.74) is 3.29. The number of alkyl halides is 6. The summed E-state index contributed by atoms with van der Waals surface area (Å²) in [6.07, 6.45) is -1.12. The van der Waals surface area contributed by atoms with Gasteiger partial charge in [0.05, 0.1) is 42.4 Å². The number of nitrogens with zero attached hydrogens (tertiary/aromatic N) is 6. The highest BCUT2D eigenvalue weighted by Crippen LogP contribution is 2.35. The minimum Gasteiger partial charge on any atom is -0.490 e. The summed E-state index contributed by atoms with van der Waals surface area (Å²) in [4.78, 5) is 68.8. The molecule has 21 nitrogen and oxygen atoms in total. The third-order valence-electron chi connectivity index (χ3n) is 16.8. The summed E-state index contributed by atoms with van der Waals surface area (Å²) in [6.45, 7) is -0.964. The fourth-order valence-corrected chi connectivity index (χ4v) is 12.4. The van der Waals surface area contributed by atoms with E-state index in [9.17, 15) is 65.9 Å². The van der Waals surface area contributed by atoms with Crippen LogP contribution in [-0.4, -0.2) is 208 Å². The quantitative estimate of drug-likeness (QED) is 0.0317. The summed E-state index contributed by atoms with van der Waals surface area (Å²) in [6, 6.07) is 25.0. The Kier molecular flexibility index (Phi) is 24.3.